The Hall–Kier alpha value is -1.26. The van der Waals surface area contributed by atoms with Crippen LogP contribution in [0.15, 0.2) is 24.3 Å². The minimum Gasteiger partial charge on any atom is -0.494 e. The Morgan fingerprint density at radius 1 is 1.21 bits per heavy atom. The number of likely N-dealkylation sites (tertiary alicyclic amines) is 1. The summed E-state index contributed by atoms with van der Waals surface area (Å²) in [7, 11) is 0. The van der Waals surface area contributed by atoms with E-state index < -0.39 is 0 Å². The molecular formula is C15H23NO3. The second-order valence-corrected chi connectivity index (χ2v) is 4.77. The lowest BCUT2D eigenvalue weighted by Gasteiger charge is -2.22. The van der Waals surface area contributed by atoms with Crippen LogP contribution in [0.3, 0.4) is 0 Å². The van der Waals surface area contributed by atoms with Gasteiger partial charge < -0.3 is 14.6 Å². The van der Waals surface area contributed by atoms with Crippen molar-refractivity contribution < 1.29 is 14.6 Å². The summed E-state index contributed by atoms with van der Waals surface area (Å²) >= 11 is 0. The molecule has 1 aliphatic rings. The summed E-state index contributed by atoms with van der Waals surface area (Å²) in [6.07, 6.45) is 2.27. The molecule has 1 aliphatic heterocycles. The van der Waals surface area contributed by atoms with Gasteiger partial charge in [-0.3, -0.25) is 4.90 Å². The average molecular weight is 265 g/mol. The Bertz CT molecular complexity index is 366. The van der Waals surface area contributed by atoms with Crippen LogP contribution in [0.5, 0.6) is 11.5 Å². The highest BCUT2D eigenvalue weighted by atomic mass is 16.5. The van der Waals surface area contributed by atoms with Gasteiger partial charge in [-0.05, 0) is 50.6 Å². The smallest absolute Gasteiger partial charge is 0.119 e. The van der Waals surface area contributed by atoms with Gasteiger partial charge in [-0.25, -0.2) is 0 Å². The van der Waals surface area contributed by atoms with Crippen molar-refractivity contribution in [1.82, 2.24) is 4.90 Å². The first kappa shape index (κ1) is 14.2. The molecule has 0 spiro atoms. The lowest BCUT2D eigenvalue weighted by atomic mass is 10.2. The number of hydrogen-bond donors (Lipinski definition) is 1. The molecule has 1 N–H and O–H groups in total. The minimum atomic E-state index is 0.253. The third-order valence-corrected chi connectivity index (χ3v) is 3.49. The van der Waals surface area contributed by atoms with Crippen molar-refractivity contribution in [3.63, 3.8) is 0 Å². The van der Waals surface area contributed by atoms with Gasteiger partial charge in [0.25, 0.3) is 0 Å². The van der Waals surface area contributed by atoms with Gasteiger partial charge in [0.2, 0.25) is 0 Å². The summed E-state index contributed by atoms with van der Waals surface area (Å²) < 4.78 is 11.1. The van der Waals surface area contributed by atoms with E-state index in [2.05, 4.69) is 4.90 Å². The van der Waals surface area contributed by atoms with Gasteiger partial charge in [-0.15, -0.1) is 0 Å². The van der Waals surface area contributed by atoms with Gasteiger partial charge in [-0.1, -0.05) is 0 Å². The van der Waals surface area contributed by atoms with Crippen LogP contribution in [0.4, 0.5) is 0 Å². The highest BCUT2D eigenvalue weighted by Crippen LogP contribution is 2.19. The number of benzene rings is 1. The highest BCUT2D eigenvalue weighted by Gasteiger charge is 2.22. The maximum Gasteiger partial charge on any atom is 0.119 e. The average Bonchev–Trinajstić information content (AvgIpc) is 2.88. The molecule has 19 heavy (non-hydrogen) atoms. The SMILES string of the molecule is CCOc1ccc(OCCN2CCC[C@@H]2CO)cc1. The van der Waals surface area contributed by atoms with Gasteiger partial charge in [0.1, 0.15) is 18.1 Å². The molecule has 2 rings (SSSR count). The summed E-state index contributed by atoms with van der Waals surface area (Å²) in [5, 5.41) is 9.24. The van der Waals surface area contributed by atoms with Crippen LogP contribution >= 0.6 is 0 Å². The third kappa shape index (κ3) is 4.11. The summed E-state index contributed by atoms with van der Waals surface area (Å²) in [6, 6.07) is 8.02. The van der Waals surface area contributed by atoms with Gasteiger partial charge in [0.15, 0.2) is 0 Å². The van der Waals surface area contributed by atoms with Crippen LogP contribution in [0.2, 0.25) is 0 Å². The van der Waals surface area contributed by atoms with Crippen LogP contribution in [0.1, 0.15) is 19.8 Å². The normalized spacial score (nSPS) is 19.6. The van der Waals surface area contributed by atoms with Crippen molar-refractivity contribution in [2.75, 3.05) is 32.9 Å². The Kier molecular flexibility index (Phi) is 5.48. The second kappa shape index (κ2) is 7.36. The van der Waals surface area contributed by atoms with E-state index in [1.807, 2.05) is 31.2 Å². The van der Waals surface area contributed by atoms with E-state index in [9.17, 15) is 5.11 Å². The van der Waals surface area contributed by atoms with Crippen molar-refractivity contribution >= 4 is 0 Å². The maximum absolute atomic E-state index is 9.24. The first-order chi connectivity index (χ1) is 9.33. The molecule has 0 unspecified atom stereocenters. The Morgan fingerprint density at radius 3 is 2.53 bits per heavy atom. The van der Waals surface area contributed by atoms with E-state index in [-0.39, 0.29) is 6.61 Å². The third-order valence-electron chi connectivity index (χ3n) is 3.49. The monoisotopic (exact) mass is 265 g/mol. The lowest BCUT2D eigenvalue weighted by Crippen LogP contribution is -2.35. The first-order valence-corrected chi connectivity index (χ1v) is 7.04. The summed E-state index contributed by atoms with van der Waals surface area (Å²) in [4.78, 5) is 2.30. The Morgan fingerprint density at radius 2 is 1.89 bits per heavy atom. The molecule has 0 amide bonds. The largest absolute Gasteiger partial charge is 0.494 e. The lowest BCUT2D eigenvalue weighted by molar-refractivity contribution is 0.139. The van der Waals surface area contributed by atoms with Crippen LogP contribution < -0.4 is 9.47 Å². The molecule has 1 aromatic rings. The molecule has 0 saturated carbocycles. The Labute approximate surface area is 114 Å². The minimum absolute atomic E-state index is 0.253. The second-order valence-electron chi connectivity index (χ2n) is 4.77. The van der Waals surface area contributed by atoms with Crippen LogP contribution in [-0.2, 0) is 0 Å². The van der Waals surface area contributed by atoms with E-state index in [0.29, 0.717) is 19.3 Å². The first-order valence-electron chi connectivity index (χ1n) is 7.04. The van der Waals surface area contributed by atoms with Crippen molar-refractivity contribution in [3.8, 4) is 11.5 Å². The van der Waals surface area contributed by atoms with Crippen molar-refractivity contribution in [1.29, 1.82) is 0 Å². The predicted octanol–water partition coefficient (Wildman–Crippen LogP) is 1.92. The summed E-state index contributed by atoms with van der Waals surface area (Å²) in [5.74, 6) is 1.73. The number of aliphatic hydroxyl groups excluding tert-OH is 1. The number of nitrogens with zero attached hydrogens (tertiary/aromatic N) is 1. The van der Waals surface area contributed by atoms with Crippen molar-refractivity contribution in [2.24, 2.45) is 0 Å². The zero-order valence-corrected chi connectivity index (χ0v) is 11.5. The molecule has 1 saturated heterocycles. The van der Waals surface area contributed by atoms with Gasteiger partial charge >= 0.3 is 0 Å². The van der Waals surface area contributed by atoms with E-state index in [1.54, 1.807) is 0 Å². The quantitative estimate of drug-likeness (QED) is 0.818. The van der Waals surface area contributed by atoms with Crippen LogP contribution in [-0.4, -0.2) is 49.0 Å². The molecule has 1 heterocycles. The number of hydrogen-bond acceptors (Lipinski definition) is 4. The van der Waals surface area contributed by atoms with Crippen LogP contribution in [0, 0.1) is 0 Å². The topological polar surface area (TPSA) is 41.9 Å². The molecule has 0 radical (unpaired) electrons. The number of ether oxygens (including phenoxy) is 2. The summed E-state index contributed by atoms with van der Waals surface area (Å²) in [5.41, 5.74) is 0. The molecule has 1 fully saturated rings. The standard InChI is InChI=1S/C15H23NO3/c1-2-18-14-5-7-15(8-6-14)19-11-10-16-9-3-4-13(16)12-17/h5-8,13,17H,2-4,9-12H2,1H3/t13-/m1/s1. The molecule has 0 aliphatic carbocycles. The predicted molar refractivity (Wildman–Crippen MR) is 74.8 cm³/mol. The fourth-order valence-corrected chi connectivity index (χ4v) is 2.48. The van der Waals surface area contributed by atoms with E-state index >= 15 is 0 Å². The molecular weight excluding hydrogens is 242 g/mol. The van der Waals surface area contributed by atoms with Crippen molar-refractivity contribution in [3.05, 3.63) is 24.3 Å². The number of rotatable bonds is 7. The molecule has 0 aromatic heterocycles. The van der Waals surface area contributed by atoms with E-state index in [1.165, 1.54) is 6.42 Å². The summed E-state index contributed by atoms with van der Waals surface area (Å²) in [6.45, 7) is 5.50. The van der Waals surface area contributed by atoms with Crippen LogP contribution in [0.25, 0.3) is 0 Å². The molecule has 106 valence electrons. The number of aliphatic hydroxyl groups is 1. The zero-order valence-electron chi connectivity index (χ0n) is 11.5. The fourth-order valence-electron chi connectivity index (χ4n) is 2.48. The molecule has 4 heteroatoms. The highest BCUT2D eigenvalue weighted by molar-refractivity contribution is 5.31. The maximum atomic E-state index is 9.24. The molecule has 1 aromatic carbocycles. The van der Waals surface area contributed by atoms with E-state index in [4.69, 9.17) is 9.47 Å². The van der Waals surface area contributed by atoms with Gasteiger partial charge in [0, 0.05) is 12.6 Å². The van der Waals surface area contributed by atoms with E-state index in [0.717, 1.165) is 31.0 Å². The molecule has 1 atom stereocenters. The zero-order chi connectivity index (χ0) is 13.5. The molecule has 4 nitrogen and oxygen atoms in total. The van der Waals surface area contributed by atoms with Crippen molar-refractivity contribution in [2.45, 2.75) is 25.8 Å². The van der Waals surface area contributed by atoms with Gasteiger partial charge in [-0.2, -0.15) is 0 Å². The fraction of sp³-hybridized carbons (Fsp3) is 0.600. The molecule has 0 bridgehead atoms. The Balaban J connectivity index is 1.73. The van der Waals surface area contributed by atoms with Gasteiger partial charge in [0.05, 0.1) is 13.2 Å².